The molecule has 66 valence electrons. The summed E-state index contributed by atoms with van der Waals surface area (Å²) in [7, 11) is -3.11. The number of hydrogen-bond acceptors (Lipinski definition) is 3. The quantitative estimate of drug-likeness (QED) is 0.632. The first kappa shape index (κ1) is 10.7. The van der Waals surface area contributed by atoms with E-state index < -0.39 is 20.6 Å². The Morgan fingerprint density at radius 2 is 1.91 bits per heavy atom. The SMILES string of the molecule is C=CC(N)C(C)(C)S(C)(=O)=O. The van der Waals surface area contributed by atoms with Crippen molar-refractivity contribution in [2.45, 2.75) is 24.6 Å². The largest absolute Gasteiger partial charge is 0.323 e. The van der Waals surface area contributed by atoms with Crippen LogP contribution in [-0.4, -0.2) is 25.5 Å². The van der Waals surface area contributed by atoms with Gasteiger partial charge in [-0.3, -0.25) is 0 Å². The molecule has 0 aliphatic rings. The summed E-state index contributed by atoms with van der Waals surface area (Å²) in [5, 5.41) is 0. The highest BCUT2D eigenvalue weighted by atomic mass is 32.2. The van der Waals surface area contributed by atoms with E-state index in [9.17, 15) is 8.42 Å². The molecule has 0 heterocycles. The minimum atomic E-state index is -3.11. The van der Waals surface area contributed by atoms with Gasteiger partial charge in [-0.25, -0.2) is 8.42 Å². The molecule has 0 aromatic rings. The Balaban J connectivity index is 4.89. The van der Waals surface area contributed by atoms with Crippen LogP contribution in [0.25, 0.3) is 0 Å². The monoisotopic (exact) mass is 177 g/mol. The van der Waals surface area contributed by atoms with Crippen molar-refractivity contribution in [2.75, 3.05) is 6.26 Å². The van der Waals surface area contributed by atoms with Gasteiger partial charge in [0.1, 0.15) is 0 Å². The summed E-state index contributed by atoms with van der Waals surface area (Å²) >= 11 is 0. The summed E-state index contributed by atoms with van der Waals surface area (Å²) in [6.07, 6.45) is 2.62. The molecule has 0 bridgehead atoms. The van der Waals surface area contributed by atoms with Crippen LogP contribution in [0.2, 0.25) is 0 Å². The molecule has 0 saturated heterocycles. The Bertz CT molecular complexity index is 241. The van der Waals surface area contributed by atoms with Crippen LogP contribution in [0, 0.1) is 0 Å². The first-order valence-corrected chi connectivity index (χ1v) is 5.20. The number of hydrogen-bond donors (Lipinski definition) is 1. The number of rotatable bonds is 3. The highest BCUT2D eigenvalue weighted by molar-refractivity contribution is 7.92. The third kappa shape index (κ3) is 2.04. The molecule has 4 heteroatoms. The van der Waals surface area contributed by atoms with E-state index >= 15 is 0 Å². The summed E-state index contributed by atoms with van der Waals surface area (Å²) in [5.41, 5.74) is 5.54. The zero-order chi connectivity index (χ0) is 9.28. The third-order valence-electron chi connectivity index (χ3n) is 2.01. The lowest BCUT2D eigenvalue weighted by Crippen LogP contribution is -2.47. The van der Waals surface area contributed by atoms with Crippen molar-refractivity contribution in [1.82, 2.24) is 0 Å². The van der Waals surface area contributed by atoms with Crippen LogP contribution in [0.4, 0.5) is 0 Å². The van der Waals surface area contributed by atoms with Crippen LogP contribution < -0.4 is 5.73 Å². The Morgan fingerprint density at radius 1 is 1.55 bits per heavy atom. The fourth-order valence-corrected chi connectivity index (χ4v) is 1.12. The van der Waals surface area contributed by atoms with E-state index in [4.69, 9.17) is 5.73 Å². The molecule has 0 rings (SSSR count). The maximum atomic E-state index is 11.1. The lowest BCUT2D eigenvalue weighted by atomic mass is 10.1. The van der Waals surface area contributed by atoms with Gasteiger partial charge in [-0.1, -0.05) is 6.08 Å². The Hall–Kier alpha value is -0.350. The predicted octanol–water partition coefficient (Wildman–Crippen LogP) is 0.323. The molecular formula is C7H15NO2S. The minimum Gasteiger partial charge on any atom is -0.323 e. The molecule has 11 heavy (non-hydrogen) atoms. The van der Waals surface area contributed by atoms with Gasteiger partial charge in [-0.05, 0) is 13.8 Å². The van der Waals surface area contributed by atoms with Crippen LogP contribution in [0.5, 0.6) is 0 Å². The lowest BCUT2D eigenvalue weighted by molar-refractivity contribution is 0.526. The van der Waals surface area contributed by atoms with Gasteiger partial charge >= 0.3 is 0 Å². The first-order valence-electron chi connectivity index (χ1n) is 3.31. The fraction of sp³-hybridized carbons (Fsp3) is 0.714. The summed E-state index contributed by atoms with van der Waals surface area (Å²) in [6.45, 7) is 6.63. The lowest BCUT2D eigenvalue weighted by Gasteiger charge is -2.26. The molecule has 0 aliphatic carbocycles. The van der Waals surface area contributed by atoms with Gasteiger partial charge in [0.2, 0.25) is 0 Å². The molecule has 0 aromatic carbocycles. The van der Waals surface area contributed by atoms with E-state index in [1.807, 2.05) is 0 Å². The molecule has 1 unspecified atom stereocenters. The van der Waals surface area contributed by atoms with Gasteiger partial charge < -0.3 is 5.73 Å². The zero-order valence-electron chi connectivity index (χ0n) is 7.16. The Morgan fingerprint density at radius 3 is 2.00 bits per heavy atom. The summed E-state index contributed by atoms with van der Waals surface area (Å²) in [6, 6.07) is -0.516. The maximum absolute atomic E-state index is 11.1. The highest BCUT2D eigenvalue weighted by Crippen LogP contribution is 2.18. The van der Waals surface area contributed by atoms with Gasteiger partial charge in [0.25, 0.3) is 0 Å². The number of sulfone groups is 1. The van der Waals surface area contributed by atoms with Crippen molar-refractivity contribution in [3.05, 3.63) is 12.7 Å². The second-order valence-electron chi connectivity index (χ2n) is 3.14. The van der Waals surface area contributed by atoms with Crippen molar-refractivity contribution >= 4 is 9.84 Å². The van der Waals surface area contributed by atoms with Gasteiger partial charge in [0, 0.05) is 12.3 Å². The fourth-order valence-electron chi connectivity index (χ4n) is 0.531. The average Bonchev–Trinajstić information content (AvgIpc) is 1.83. The highest BCUT2D eigenvalue weighted by Gasteiger charge is 2.34. The molecular weight excluding hydrogens is 162 g/mol. The average molecular weight is 177 g/mol. The normalized spacial score (nSPS) is 16.0. The van der Waals surface area contributed by atoms with Crippen LogP contribution >= 0.6 is 0 Å². The van der Waals surface area contributed by atoms with E-state index in [1.54, 1.807) is 13.8 Å². The molecule has 0 aromatic heterocycles. The van der Waals surface area contributed by atoms with Crippen molar-refractivity contribution in [2.24, 2.45) is 5.73 Å². The van der Waals surface area contributed by atoms with Crippen molar-refractivity contribution < 1.29 is 8.42 Å². The molecule has 0 amide bonds. The molecule has 0 fully saturated rings. The van der Waals surface area contributed by atoms with Crippen molar-refractivity contribution in [3.8, 4) is 0 Å². The summed E-state index contributed by atoms with van der Waals surface area (Å²) in [4.78, 5) is 0. The smallest absolute Gasteiger partial charge is 0.154 e. The van der Waals surface area contributed by atoms with E-state index in [2.05, 4.69) is 6.58 Å². The molecule has 0 saturated carbocycles. The summed E-state index contributed by atoms with van der Waals surface area (Å²) < 4.78 is 21.3. The number of nitrogens with two attached hydrogens (primary N) is 1. The molecule has 2 N–H and O–H groups in total. The molecule has 3 nitrogen and oxygen atoms in total. The van der Waals surface area contributed by atoms with Crippen LogP contribution in [0.3, 0.4) is 0 Å². The standard InChI is InChI=1S/C7H15NO2S/c1-5-6(8)7(2,3)11(4,9)10/h5-6H,1,8H2,2-4H3. The third-order valence-corrected chi connectivity index (χ3v) is 4.20. The second-order valence-corrected chi connectivity index (χ2v) is 5.73. The maximum Gasteiger partial charge on any atom is 0.154 e. The van der Waals surface area contributed by atoms with E-state index in [1.165, 1.54) is 12.3 Å². The molecule has 0 aliphatic heterocycles. The van der Waals surface area contributed by atoms with Crippen molar-refractivity contribution in [3.63, 3.8) is 0 Å². The molecule has 1 atom stereocenters. The minimum absolute atomic E-state index is 0.516. The molecule has 0 radical (unpaired) electrons. The predicted molar refractivity (Wildman–Crippen MR) is 47.1 cm³/mol. The van der Waals surface area contributed by atoms with Crippen LogP contribution in [0.15, 0.2) is 12.7 Å². The topological polar surface area (TPSA) is 60.2 Å². The van der Waals surface area contributed by atoms with Gasteiger partial charge in [-0.15, -0.1) is 6.58 Å². The molecule has 0 spiro atoms. The van der Waals surface area contributed by atoms with Gasteiger partial charge in [0.15, 0.2) is 9.84 Å². The van der Waals surface area contributed by atoms with Gasteiger partial charge in [-0.2, -0.15) is 0 Å². The van der Waals surface area contributed by atoms with Crippen LogP contribution in [-0.2, 0) is 9.84 Å². The zero-order valence-corrected chi connectivity index (χ0v) is 7.98. The second kappa shape index (κ2) is 2.95. The van der Waals surface area contributed by atoms with Crippen LogP contribution in [0.1, 0.15) is 13.8 Å². The van der Waals surface area contributed by atoms with Crippen molar-refractivity contribution in [1.29, 1.82) is 0 Å². The Kier molecular flexibility index (Phi) is 2.85. The van der Waals surface area contributed by atoms with Gasteiger partial charge in [0.05, 0.1) is 4.75 Å². The van der Waals surface area contributed by atoms with E-state index in [0.29, 0.717) is 0 Å². The van der Waals surface area contributed by atoms with E-state index in [0.717, 1.165) is 0 Å². The van der Waals surface area contributed by atoms with E-state index in [-0.39, 0.29) is 0 Å². The first-order chi connectivity index (χ1) is 4.73. The Labute approximate surface area is 68.2 Å². The summed E-state index contributed by atoms with van der Waals surface area (Å²) in [5.74, 6) is 0.